The summed E-state index contributed by atoms with van der Waals surface area (Å²) < 4.78 is 8.00. The molecular formula is C38H38N5O3S+. The number of ketones is 1. The van der Waals surface area contributed by atoms with E-state index in [2.05, 4.69) is 105 Å². The van der Waals surface area contributed by atoms with E-state index in [9.17, 15) is 9.59 Å². The number of thiazole rings is 1. The highest BCUT2D eigenvalue weighted by Crippen LogP contribution is 2.34. The van der Waals surface area contributed by atoms with Crippen LogP contribution in [0.1, 0.15) is 40.8 Å². The van der Waals surface area contributed by atoms with Crippen molar-refractivity contribution in [2.24, 2.45) is 7.05 Å². The molecule has 0 saturated heterocycles. The summed E-state index contributed by atoms with van der Waals surface area (Å²) in [6.45, 7) is 3.42. The molecule has 0 bridgehead atoms. The number of aryl methyl sites for hydroxylation is 2. The molecule has 3 aromatic carbocycles. The standard InChI is InChI=1S/C38H37N5O3S/c1-27-25-40-38(47-27)41-37(45)39-26-28-13-15-32(16-14-28)46-23-7-8-31(44)19-22-43-21-18-30(34-10-4-6-12-36(34)43)24-29-17-20-42(2)35-11-5-3-9-33(29)35/h3-6,9-18,20-21,24-25H,7-8,19,22-23,26H2,1-2H3,(H-,39,40,41,45)/p+1. The summed E-state index contributed by atoms with van der Waals surface area (Å²) in [6, 6.07) is 26.3. The number of anilines is 2. The summed E-state index contributed by atoms with van der Waals surface area (Å²) in [4.78, 5) is 32.2. The van der Waals surface area contributed by atoms with Crippen molar-refractivity contribution < 1.29 is 18.9 Å². The molecule has 0 fully saturated rings. The number of rotatable bonds is 12. The van der Waals surface area contributed by atoms with Gasteiger partial charge in [-0.05, 0) is 66.5 Å². The zero-order valence-corrected chi connectivity index (χ0v) is 27.4. The molecule has 2 N–H and O–H groups in total. The Balaban J connectivity index is 0.953. The number of carbonyl (C=O) groups is 2. The number of para-hydroxylation sites is 2. The maximum Gasteiger partial charge on any atom is 0.321 e. The number of amides is 2. The van der Waals surface area contributed by atoms with E-state index in [1.165, 1.54) is 27.8 Å². The highest BCUT2D eigenvalue weighted by atomic mass is 32.1. The number of Topliss-reactive ketones (excluding diaryl/α,β-unsaturated/α-hetero) is 1. The number of nitrogens with one attached hydrogen (secondary N) is 2. The zero-order chi connectivity index (χ0) is 32.6. The van der Waals surface area contributed by atoms with Crippen molar-refractivity contribution in [1.82, 2.24) is 10.3 Å². The smallest absolute Gasteiger partial charge is 0.321 e. The van der Waals surface area contributed by atoms with E-state index in [1.54, 1.807) is 6.20 Å². The third-order valence-electron chi connectivity index (χ3n) is 8.06. The van der Waals surface area contributed by atoms with Crippen LogP contribution in [0.5, 0.6) is 5.75 Å². The van der Waals surface area contributed by atoms with Gasteiger partial charge in [-0.1, -0.05) is 42.5 Å². The second kappa shape index (κ2) is 14.9. The van der Waals surface area contributed by atoms with Crippen molar-refractivity contribution in [2.45, 2.75) is 32.7 Å². The van der Waals surface area contributed by atoms with Crippen molar-refractivity contribution in [1.29, 1.82) is 0 Å². The number of nitrogens with zero attached hydrogens (tertiary/aromatic N) is 3. The van der Waals surface area contributed by atoms with Crippen molar-refractivity contribution in [3.63, 3.8) is 0 Å². The first-order chi connectivity index (χ1) is 22.9. The van der Waals surface area contributed by atoms with E-state index in [0.717, 1.165) is 33.0 Å². The van der Waals surface area contributed by atoms with E-state index in [1.807, 2.05) is 37.3 Å². The molecule has 9 heteroatoms. The van der Waals surface area contributed by atoms with Gasteiger partial charge in [0.25, 0.3) is 0 Å². The molecule has 0 radical (unpaired) electrons. The first kappa shape index (κ1) is 31.7. The Bertz CT molecular complexity index is 1950. The summed E-state index contributed by atoms with van der Waals surface area (Å²) in [5.74, 6) is 0.956. The van der Waals surface area contributed by atoms with Crippen LogP contribution in [-0.2, 0) is 18.4 Å². The lowest BCUT2D eigenvalue weighted by molar-refractivity contribution is -0.644. The molecule has 3 heterocycles. The van der Waals surface area contributed by atoms with Crippen LogP contribution in [0, 0.1) is 6.92 Å². The number of aromatic nitrogens is 2. The van der Waals surface area contributed by atoms with Gasteiger partial charge in [0, 0.05) is 66.6 Å². The third-order valence-corrected chi connectivity index (χ3v) is 8.89. The van der Waals surface area contributed by atoms with Crippen LogP contribution in [0.3, 0.4) is 0 Å². The molecule has 1 aliphatic rings. The Kier molecular flexibility index (Phi) is 10.0. The van der Waals surface area contributed by atoms with Gasteiger partial charge in [-0.2, -0.15) is 0 Å². The molecule has 2 aromatic heterocycles. The fourth-order valence-electron chi connectivity index (χ4n) is 5.58. The molecule has 0 saturated carbocycles. The predicted molar refractivity (Wildman–Crippen MR) is 189 cm³/mol. The molecule has 47 heavy (non-hydrogen) atoms. The lowest BCUT2D eigenvalue weighted by atomic mass is 9.96. The molecule has 0 unspecified atom stereocenters. The van der Waals surface area contributed by atoms with Crippen LogP contribution in [0.2, 0.25) is 0 Å². The maximum absolute atomic E-state index is 12.8. The Labute approximate surface area is 279 Å². The number of pyridine rings is 1. The fraction of sp³-hybridized carbons (Fsp3) is 0.211. The Morgan fingerprint density at radius 2 is 1.81 bits per heavy atom. The molecule has 5 aromatic rings. The van der Waals surface area contributed by atoms with Gasteiger partial charge in [0.15, 0.2) is 11.3 Å². The maximum atomic E-state index is 12.8. The predicted octanol–water partition coefficient (Wildman–Crippen LogP) is 7.44. The van der Waals surface area contributed by atoms with Crippen LogP contribution in [-0.4, -0.2) is 29.9 Å². The summed E-state index contributed by atoms with van der Waals surface area (Å²) in [5.41, 5.74) is 6.73. The number of urea groups is 1. The van der Waals surface area contributed by atoms with E-state index < -0.39 is 0 Å². The largest absolute Gasteiger partial charge is 0.494 e. The van der Waals surface area contributed by atoms with E-state index in [0.29, 0.717) is 44.1 Å². The van der Waals surface area contributed by atoms with Crippen LogP contribution in [0.25, 0.3) is 22.6 Å². The summed E-state index contributed by atoms with van der Waals surface area (Å²) >= 11 is 1.43. The summed E-state index contributed by atoms with van der Waals surface area (Å²) in [7, 11) is 2.07. The molecule has 6 rings (SSSR count). The molecule has 2 amide bonds. The van der Waals surface area contributed by atoms with Crippen molar-refractivity contribution in [3.8, 4) is 5.75 Å². The van der Waals surface area contributed by atoms with E-state index in [-0.39, 0.29) is 11.8 Å². The van der Waals surface area contributed by atoms with Gasteiger partial charge in [-0.3, -0.25) is 10.1 Å². The second-order valence-corrected chi connectivity index (χ2v) is 12.7. The molecule has 238 valence electrons. The molecule has 0 spiro atoms. The minimum absolute atomic E-state index is 0.219. The van der Waals surface area contributed by atoms with Crippen molar-refractivity contribution >= 4 is 56.5 Å². The number of fused-ring (bicyclic) bond motifs is 2. The van der Waals surface area contributed by atoms with Crippen LogP contribution in [0.4, 0.5) is 15.6 Å². The Morgan fingerprint density at radius 1 is 1.00 bits per heavy atom. The molecule has 0 atom stereocenters. The Hall–Kier alpha value is -5.28. The van der Waals surface area contributed by atoms with Gasteiger partial charge in [-0.15, -0.1) is 11.3 Å². The lowest BCUT2D eigenvalue weighted by Gasteiger charge is -2.27. The van der Waals surface area contributed by atoms with Crippen LogP contribution >= 0.6 is 11.3 Å². The van der Waals surface area contributed by atoms with Crippen LogP contribution in [0.15, 0.2) is 104 Å². The average Bonchev–Trinajstić information content (AvgIpc) is 3.51. The van der Waals surface area contributed by atoms with Crippen molar-refractivity contribution in [3.05, 3.63) is 125 Å². The molecular weight excluding hydrogens is 607 g/mol. The highest BCUT2D eigenvalue weighted by molar-refractivity contribution is 7.15. The number of hydrogen-bond acceptors (Lipinski definition) is 6. The SMILES string of the molecule is Cc1cnc(NC(=O)NCc2ccc(OCCCC(=O)CCN3C=CC(=Cc4cc[n+](C)c5ccccc45)c4ccccc43)cc2)s1. The second-order valence-electron chi connectivity index (χ2n) is 11.5. The summed E-state index contributed by atoms with van der Waals surface area (Å²) in [6.07, 6.45) is 11.9. The topological polar surface area (TPSA) is 87.4 Å². The first-order valence-electron chi connectivity index (χ1n) is 15.8. The van der Waals surface area contributed by atoms with Gasteiger partial charge >= 0.3 is 6.03 Å². The zero-order valence-electron chi connectivity index (χ0n) is 26.6. The average molecular weight is 645 g/mol. The van der Waals surface area contributed by atoms with Gasteiger partial charge in [-0.25, -0.2) is 14.3 Å². The van der Waals surface area contributed by atoms with Crippen LogP contribution < -0.4 is 24.8 Å². The minimum atomic E-state index is -0.294. The number of ether oxygens (including phenoxy) is 1. The van der Waals surface area contributed by atoms with Crippen molar-refractivity contribution in [2.75, 3.05) is 23.4 Å². The number of hydrogen-bond donors (Lipinski definition) is 2. The normalized spacial score (nSPS) is 13.1. The van der Waals surface area contributed by atoms with E-state index in [4.69, 9.17) is 4.74 Å². The molecule has 1 aliphatic heterocycles. The fourth-order valence-corrected chi connectivity index (χ4v) is 6.24. The molecule has 8 nitrogen and oxygen atoms in total. The van der Waals surface area contributed by atoms with Gasteiger partial charge in [0.2, 0.25) is 5.52 Å². The monoisotopic (exact) mass is 644 g/mol. The van der Waals surface area contributed by atoms with Gasteiger partial charge < -0.3 is 15.0 Å². The first-order valence-corrected chi connectivity index (χ1v) is 16.6. The van der Waals surface area contributed by atoms with Gasteiger partial charge in [0.1, 0.15) is 18.6 Å². The quantitative estimate of drug-likeness (QED) is 0.109. The Morgan fingerprint density at radius 3 is 2.64 bits per heavy atom. The highest BCUT2D eigenvalue weighted by Gasteiger charge is 2.18. The number of allylic oxidation sites excluding steroid dienone is 2. The minimum Gasteiger partial charge on any atom is -0.494 e. The third kappa shape index (κ3) is 8.12. The number of carbonyl (C=O) groups excluding carboxylic acids is 2. The lowest BCUT2D eigenvalue weighted by Crippen LogP contribution is -2.28. The number of benzene rings is 3. The molecule has 0 aliphatic carbocycles. The van der Waals surface area contributed by atoms with E-state index >= 15 is 0 Å². The summed E-state index contributed by atoms with van der Waals surface area (Å²) in [5, 5.41) is 7.34. The van der Waals surface area contributed by atoms with Gasteiger partial charge in [0.05, 0.1) is 12.0 Å².